The number of carbonyl (C=O) groups excluding carboxylic acids is 1. The average molecular weight is 352 g/mol. The summed E-state index contributed by atoms with van der Waals surface area (Å²) in [6.07, 6.45) is 2.16. The smallest absolute Gasteiger partial charge is 0.266 e. The molecular formula is C20H30ClNO2. The van der Waals surface area contributed by atoms with Crippen LogP contribution in [0.25, 0.3) is 0 Å². The number of hydrogen-bond donors (Lipinski definition) is 0. The van der Waals surface area contributed by atoms with Crippen LogP contribution in [0.4, 0.5) is 0 Å². The molecule has 2 rings (SSSR count). The minimum absolute atomic E-state index is 0.0727. The van der Waals surface area contributed by atoms with Gasteiger partial charge in [0.25, 0.3) is 5.91 Å². The Hall–Kier alpha value is -1.22. The van der Waals surface area contributed by atoms with E-state index in [4.69, 9.17) is 16.3 Å². The van der Waals surface area contributed by atoms with E-state index in [0.29, 0.717) is 16.7 Å². The molecule has 1 saturated heterocycles. The van der Waals surface area contributed by atoms with Gasteiger partial charge in [0.15, 0.2) is 5.60 Å². The van der Waals surface area contributed by atoms with E-state index in [1.165, 1.54) is 0 Å². The number of rotatable bonds is 5. The second-order valence-electron chi connectivity index (χ2n) is 7.69. The first-order chi connectivity index (χ1) is 11.2. The van der Waals surface area contributed by atoms with Gasteiger partial charge in [-0.1, -0.05) is 39.3 Å². The van der Waals surface area contributed by atoms with Crippen molar-refractivity contribution in [1.82, 2.24) is 4.90 Å². The molecule has 0 spiro atoms. The van der Waals surface area contributed by atoms with Crippen LogP contribution in [0.2, 0.25) is 5.02 Å². The van der Waals surface area contributed by atoms with Crippen LogP contribution in [0.3, 0.4) is 0 Å². The fraction of sp³-hybridized carbons (Fsp3) is 0.650. The van der Waals surface area contributed by atoms with Crippen molar-refractivity contribution in [2.24, 2.45) is 17.8 Å². The van der Waals surface area contributed by atoms with Crippen molar-refractivity contribution in [3.8, 4) is 5.75 Å². The average Bonchev–Trinajstić information content (AvgIpc) is 2.56. The Labute approximate surface area is 151 Å². The van der Waals surface area contributed by atoms with Gasteiger partial charge in [-0.05, 0) is 55.9 Å². The standard InChI is InChI=1S/C20H30ClNO2/c1-14(2)16-10-12-22(13-11-16)19(23)20(5,15(3)4)24-18-8-6-17(21)7-9-18/h6-9,14-16H,10-13H2,1-5H3. The van der Waals surface area contributed by atoms with Crippen molar-refractivity contribution in [2.45, 2.75) is 53.1 Å². The van der Waals surface area contributed by atoms with Gasteiger partial charge in [0.1, 0.15) is 5.75 Å². The van der Waals surface area contributed by atoms with Crippen LogP contribution in [-0.2, 0) is 4.79 Å². The van der Waals surface area contributed by atoms with Crippen LogP contribution >= 0.6 is 11.6 Å². The van der Waals surface area contributed by atoms with Gasteiger partial charge in [-0.3, -0.25) is 4.79 Å². The van der Waals surface area contributed by atoms with Crippen LogP contribution < -0.4 is 4.74 Å². The first kappa shape index (κ1) is 19.1. The van der Waals surface area contributed by atoms with Crippen molar-refractivity contribution in [2.75, 3.05) is 13.1 Å². The number of halogens is 1. The molecule has 0 saturated carbocycles. The van der Waals surface area contributed by atoms with E-state index in [1.807, 2.05) is 37.8 Å². The maximum Gasteiger partial charge on any atom is 0.266 e. The molecule has 1 aromatic carbocycles. The number of nitrogens with zero attached hydrogens (tertiary/aromatic N) is 1. The van der Waals surface area contributed by atoms with Crippen LogP contribution in [0.15, 0.2) is 24.3 Å². The van der Waals surface area contributed by atoms with Crippen LogP contribution in [-0.4, -0.2) is 29.5 Å². The molecule has 3 nitrogen and oxygen atoms in total. The highest BCUT2D eigenvalue weighted by Crippen LogP contribution is 2.31. The Morgan fingerprint density at radius 2 is 1.71 bits per heavy atom. The van der Waals surface area contributed by atoms with E-state index < -0.39 is 5.60 Å². The highest BCUT2D eigenvalue weighted by molar-refractivity contribution is 6.30. The zero-order valence-corrected chi connectivity index (χ0v) is 16.3. The molecule has 0 radical (unpaired) electrons. The van der Waals surface area contributed by atoms with E-state index in [1.54, 1.807) is 12.1 Å². The molecule has 0 bridgehead atoms. The summed E-state index contributed by atoms with van der Waals surface area (Å²) >= 11 is 5.94. The molecule has 0 aromatic heterocycles. The summed E-state index contributed by atoms with van der Waals surface area (Å²) in [7, 11) is 0. The molecule has 1 aliphatic rings. The van der Waals surface area contributed by atoms with E-state index >= 15 is 0 Å². The highest BCUT2D eigenvalue weighted by Gasteiger charge is 2.43. The first-order valence-electron chi connectivity index (χ1n) is 8.98. The van der Waals surface area contributed by atoms with Crippen molar-refractivity contribution in [1.29, 1.82) is 0 Å². The molecule has 134 valence electrons. The molecule has 1 aromatic rings. The number of ether oxygens (including phenoxy) is 1. The highest BCUT2D eigenvalue weighted by atomic mass is 35.5. The van der Waals surface area contributed by atoms with Gasteiger partial charge in [0, 0.05) is 24.0 Å². The lowest BCUT2D eigenvalue weighted by Crippen LogP contribution is -2.56. The van der Waals surface area contributed by atoms with Gasteiger partial charge >= 0.3 is 0 Å². The van der Waals surface area contributed by atoms with Gasteiger partial charge in [-0.25, -0.2) is 0 Å². The Bertz CT molecular complexity index is 547. The third-order valence-electron chi connectivity index (χ3n) is 5.44. The first-order valence-corrected chi connectivity index (χ1v) is 9.35. The lowest BCUT2D eigenvalue weighted by Gasteiger charge is -2.41. The fourth-order valence-electron chi connectivity index (χ4n) is 3.24. The lowest BCUT2D eigenvalue weighted by molar-refractivity contribution is -0.152. The Kier molecular flexibility index (Phi) is 6.19. The Morgan fingerprint density at radius 1 is 1.17 bits per heavy atom. The summed E-state index contributed by atoms with van der Waals surface area (Å²) < 4.78 is 6.16. The van der Waals surface area contributed by atoms with Gasteiger partial charge < -0.3 is 9.64 Å². The molecule has 1 fully saturated rings. The Morgan fingerprint density at radius 3 is 2.17 bits per heavy atom. The maximum absolute atomic E-state index is 13.2. The maximum atomic E-state index is 13.2. The predicted molar refractivity (Wildman–Crippen MR) is 99.5 cm³/mol. The molecule has 24 heavy (non-hydrogen) atoms. The SMILES string of the molecule is CC(C)C1CCN(C(=O)C(C)(Oc2ccc(Cl)cc2)C(C)C)CC1. The molecule has 1 amide bonds. The summed E-state index contributed by atoms with van der Waals surface area (Å²) in [6.45, 7) is 12.2. The lowest BCUT2D eigenvalue weighted by atomic mass is 9.85. The molecule has 1 unspecified atom stereocenters. The summed E-state index contributed by atoms with van der Waals surface area (Å²) in [5.74, 6) is 2.25. The monoisotopic (exact) mass is 351 g/mol. The quantitative estimate of drug-likeness (QED) is 0.744. The molecule has 4 heteroatoms. The summed E-state index contributed by atoms with van der Waals surface area (Å²) in [6, 6.07) is 7.22. The van der Waals surface area contributed by atoms with Crippen molar-refractivity contribution < 1.29 is 9.53 Å². The summed E-state index contributed by atoms with van der Waals surface area (Å²) in [4.78, 5) is 15.2. The number of likely N-dealkylation sites (tertiary alicyclic amines) is 1. The minimum Gasteiger partial charge on any atom is -0.477 e. The third kappa shape index (κ3) is 4.24. The van der Waals surface area contributed by atoms with E-state index in [-0.39, 0.29) is 11.8 Å². The third-order valence-corrected chi connectivity index (χ3v) is 5.69. The number of carbonyl (C=O) groups is 1. The van der Waals surface area contributed by atoms with Gasteiger partial charge in [0.2, 0.25) is 0 Å². The van der Waals surface area contributed by atoms with E-state index in [2.05, 4.69) is 13.8 Å². The molecule has 0 aliphatic carbocycles. The zero-order chi connectivity index (χ0) is 17.9. The molecule has 1 heterocycles. The van der Waals surface area contributed by atoms with Crippen molar-refractivity contribution in [3.05, 3.63) is 29.3 Å². The predicted octanol–water partition coefficient (Wildman–Crippen LogP) is 5.03. The van der Waals surface area contributed by atoms with Crippen molar-refractivity contribution >= 4 is 17.5 Å². The van der Waals surface area contributed by atoms with Crippen LogP contribution in [0, 0.1) is 17.8 Å². The largest absolute Gasteiger partial charge is 0.477 e. The fourth-order valence-corrected chi connectivity index (χ4v) is 3.37. The summed E-state index contributed by atoms with van der Waals surface area (Å²) in [5.41, 5.74) is -0.863. The number of piperidine rings is 1. The summed E-state index contributed by atoms with van der Waals surface area (Å²) in [5, 5.41) is 0.663. The van der Waals surface area contributed by atoms with Crippen LogP contribution in [0.5, 0.6) is 5.75 Å². The van der Waals surface area contributed by atoms with Gasteiger partial charge in [-0.2, -0.15) is 0 Å². The second-order valence-corrected chi connectivity index (χ2v) is 8.13. The van der Waals surface area contributed by atoms with Gasteiger partial charge in [0.05, 0.1) is 0 Å². The van der Waals surface area contributed by atoms with E-state index in [0.717, 1.165) is 31.8 Å². The minimum atomic E-state index is -0.863. The normalized spacial score (nSPS) is 18.8. The van der Waals surface area contributed by atoms with Crippen molar-refractivity contribution in [3.63, 3.8) is 0 Å². The second kappa shape index (κ2) is 7.77. The number of hydrogen-bond acceptors (Lipinski definition) is 2. The molecular weight excluding hydrogens is 322 g/mol. The number of benzene rings is 1. The Balaban J connectivity index is 2.11. The molecule has 1 aliphatic heterocycles. The molecule has 1 atom stereocenters. The number of amides is 1. The van der Waals surface area contributed by atoms with Gasteiger partial charge in [-0.15, -0.1) is 0 Å². The van der Waals surface area contributed by atoms with Crippen LogP contribution in [0.1, 0.15) is 47.5 Å². The zero-order valence-electron chi connectivity index (χ0n) is 15.5. The molecule has 0 N–H and O–H groups in total. The topological polar surface area (TPSA) is 29.5 Å². The van der Waals surface area contributed by atoms with E-state index in [9.17, 15) is 4.79 Å².